The van der Waals surface area contributed by atoms with E-state index in [1.807, 2.05) is 0 Å². The summed E-state index contributed by atoms with van der Waals surface area (Å²) in [6.45, 7) is 2.13. The van der Waals surface area contributed by atoms with Gasteiger partial charge in [0, 0.05) is 11.3 Å². The van der Waals surface area contributed by atoms with Crippen LogP contribution in [0.15, 0.2) is 10.4 Å². The fraction of sp³-hybridized carbons (Fsp3) is 0.500. The summed E-state index contributed by atoms with van der Waals surface area (Å²) >= 11 is 3.11. The predicted octanol–water partition coefficient (Wildman–Crippen LogP) is 1.71. The molecule has 0 saturated carbocycles. The molecule has 0 aliphatic heterocycles. The molecule has 0 unspecified atom stereocenters. The van der Waals surface area contributed by atoms with Crippen molar-refractivity contribution in [3.8, 4) is 0 Å². The zero-order chi connectivity index (χ0) is 7.40. The van der Waals surface area contributed by atoms with E-state index in [0.717, 1.165) is 11.4 Å². The first kappa shape index (κ1) is 8.04. The summed E-state index contributed by atoms with van der Waals surface area (Å²) in [4.78, 5) is 0. The summed E-state index contributed by atoms with van der Waals surface area (Å²) in [7, 11) is 0. The van der Waals surface area contributed by atoms with Crippen LogP contribution in [0.5, 0.6) is 0 Å². The second-order valence-corrected chi connectivity index (χ2v) is 3.45. The van der Waals surface area contributed by atoms with Crippen molar-refractivity contribution in [1.29, 1.82) is 0 Å². The Labute approximate surface area is 69.0 Å². The van der Waals surface area contributed by atoms with Gasteiger partial charge in [0.1, 0.15) is 5.03 Å². The average molecular weight is 174 g/mol. The highest BCUT2D eigenvalue weighted by molar-refractivity contribution is 7.99. The SMILES string of the molecule is CCc1csnc1SCN. The van der Waals surface area contributed by atoms with Gasteiger partial charge in [-0.05, 0) is 23.5 Å². The Bertz CT molecular complexity index is 197. The maximum Gasteiger partial charge on any atom is 0.114 e. The Hall–Kier alpha value is -0.0600. The molecule has 1 aromatic rings. The highest BCUT2D eigenvalue weighted by Crippen LogP contribution is 2.21. The molecule has 0 aromatic carbocycles. The third-order valence-electron chi connectivity index (χ3n) is 1.21. The lowest BCUT2D eigenvalue weighted by molar-refractivity contribution is 1.06. The van der Waals surface area contributed by atoms with Crippen LogP contribution in [0.3, 0.4) is 0 Å². The van der Waals surface area contributed by atoms with Crippen molar-refractivity contribution in [2.75, 3.05) is 5.88 Å². The molecule has 0 saturated heterocycles. The molecule has 0 radical (unpaired) electrons. The molecular weight excluding hydrogens is 164 g/mol. The zero-order valence-corrected chi connectivity index (χ0v) is 7.47. The maximum absolute atomic E-state index is 5.37. The molecule has 1 aromatic heterocycles. The maximum atomic E-state index is 5.37. The number of aryl methyl sites for hydroxylation is 1. The fourth-order valence-corrected chi connectivity index (χ4v) is 2.31. The van der Waals surface area contributed by atoms with E-state index in [-0.39, 0.29) is 0 Å². The summed E-state index contributed by atoms with van der Waals surface area (Å²) in [6.07, 6.45) is 1.05. The zero-order valence-electron chi connectivity index (χ0n) is 5.83. The first-order valence-corrected chi connectivity index (χ1v) is 4.96. The van der Waals surface area contributed by atoms with E-state index in [9.17, 15) is 0 Å². The topological polar surface area (TPSA) is 38.9 Å². The smallest absolute Gasteiger partial charge is 0.114 e. The minimum absolute atomic E-state index is 0.622. The molecule has 4 heteroatoms. The minimum Gasteiger partial charge on any atom is -0.322 e. The molecule has 2 nitrogen and oxygen atoms in total. The molecule has 1 heterocycles. The van der Waals surface area contributed by atoms with Gasteiger partial charge in [0.15, 0.2) is 0 Å². The average Bonchev–Trinajstić information content (AvgIpc) is 2.36. The number of nitrogens with zero attached hydrogens (tertiary/aromatic N) is 1. The highest BCUT2D eigenvalue weighted by Gasteiger charge is 2.01. The van der Waals surface area contributed by atoms with Crippen LogP contribution in [0.4, 0.5) is 0 Å². The van der Waals surface area contributed by atoms with Gasteiger partial charge in [-0.2, -0.15) is 4.37 Å². The Morgan fingerprint density at radius 3 is 3.20 bits per heavy atom. The molecule has 10 heavy (non-hydrogen) atoms. The van der Waals surface area contributed by atoms with Crippen LogP contribution in [0, 0.1) is 0 Å². The number of aromatic nitrogens is 1. The molecule has 0 aliphatic rings. The molecule has 0 atom stereocenters. The van der Waals surface area contributed by atoms with Crippen LogP contribution in [0.2, 0.25) is 0 Å². The Morgan fingerprint density at radius 2 is 2.60 bits per heavy atom. The highest BCUT2D eigenvalue weighted by atomic mass is 32.2. The van der Waals surface area contributed by atoms with Crippen LogP contribution in [-0.2, 0) is 6.42 Å². The third kappa shape index (κ3) is 1.71. The molecular formula is C6H10N2S2. The largest absolute Gasteiger partial charge is 0.322 e. The second-order valence-electron chi connectivity index (χ2n) is 1.81. The van der Waals surface area contributed by atoms with Gasteiger partial charge in [0.05, 0.1) is 0 Å². The number of hydrogen-bond acceptors (Lipinski definition) is 4. The Kier molecular flexibility index (Phi) is 3.18. The van der Waals surface area contributed by atoms with E-state index in [1.165, 1.54) is 17.1 Å². The van der Waals surface area contributed by atoms with Gasteiger partial charge in [-0.15, -0.1) is 0 Å². The molecule has 56 valence electrons. The number of thioether (sulfide) groups is 1. The predicted molar refractivity (Wildman–Crippen MR) is 46.4 cm³/mol. The molecule has 0 aliphatic carbocycles. The molecule has 0 spiro atoms. The van der Waals surface area contributed by atoms with E-state index in [1.54, 1.807) is 11.8 Å². The van der Waals surface area contributed by atoms with Gasteiger partial charge in [0.2, 0.25) is 0 Å². The van der Waals surface area contributed by atoms with Crippen LogP contribution in [0.25, 0.3) is 0 Å². The van der Waals surface area contributed by atoms with E-state index in [4.69, 9.17) is 5.73 Å². The normalized spacial score (nSPS) is 10.2. The van der Waals surface area contributed by atoms with Gasteiger partial charge >= 0.3 is 0 Å². The van der Waals surface area contributed by atoms with Gasteiger partial charge in [-0.25, -0.2) is 0 Å². The van der Waals surface area contributed by atoms with E-state index < -0.39 is 0 Å². The van der Waals surface area contributed by atoms with Crippen molar-refractivity contribution in [2.24, 2.45) is 5.73 Å². The van der Waals surface area contributed by atoms with Crippen molar-refractivity contribution >= 4 is 23.3 Å². The first-order valence-electron chi connectivity index (χ1n) is 3.14. The summed E-state index contributed by atoms with van der Waals surface area (Å²) in [5.74, 6) is 0.622. The number of rotatable bonds is 3. The lowest BCUT2D eigenvalue weighted by atomic mass is 10.3. The lowest BCUT2D eigenvalue weighted by Crippen LogP contribution is -1.93. The summed E-state index contributed by atoms with van der Waals surface area (Å²) in [6, 6.07) is 0. The minimum atomic E-state index is 0.622. The summed E-state index contributed by atoms with van der Waals surface area (Å²) < 4.78 is 4.20. The van der Waals surface area contributed by atoms with Crippen molar-refractivity contribution in [3.63, 3.8) is 0 Å². The van der Waals surface area contributed by atoms with Crippen molar-refractivity contribution in [3.05, 3.63) is 10.9 Å². The summed E-state index contributed by atoms with van der Waals surface area (Å²) in [5.41, 5.74) is 6.69. The van der Waals surface area contributed by atoms with Crippen molar-refractivity contribution in [2.45, 2.75) is 18.4 Å². The van der Waals surface area contributed by atoms with Gasteiger partial charge < -0.3 is 5.73 Å². The monoisotopic (exact) mass is 174 g/mol. The van der Waals surface area contributed by atoms with E-state index in [2.05, 4.69) is 16.7 Å². The quantitative estimate of drug-likeness (QED) is 0.560. The summed E-state index contributed by atoms with van der Waals surface area (Å²) in [5, 5.41) is 3.19. The molecule has 2 N–H and O–H groups in total. The van der Waals surface area contributed by atoms with Crippen LogP contribution >= 0.6 is 23.3 Å². The molecule has 0 fully saturated rings. The van der Waals surface area contributed by atoms with Gasteiger partial charge in [0.25, 0.3) is 0 Å². The van der Waals surface area contributed by atoms with Crippen LogP contribution < -0.4 is 5.73 Å². The number of hydrogen-bond donors (Lipinski definition) is 1. The van der Waals surface area contributed by atoms with Gasteiger partial charge in [-0.3, -0.25) is 0 Å². The standard InChI is InChI=1S/C6H10N2S2/c1-2-5-3-10-8-6(5)9-4-7/h3H,2,4,7H2,1H3. The van der Waals surface area contributed by atoms with Crippen LogP contribution in [-0.4, -0.2) is 10.3 Å². The second kappa shape index (κ2) is 3.95. The van der Waals surface area contributed by atoms with Gasteiger partial charge in [-0.1, -0.05) is 18.7 Å². The Morgan fingerprint density at radius 1 is 1.80 bits per heavy atom. The third-order valence-corrected chi connectivity index (χ3v) is 2.79. The van der Waals surface area contributed by atoms with Crippen LogP contribution in [0.1, 0.15) is 12.5 Å². The lowest BCUT2D eigenvalue weighted by Gasteiger charge is -1.94. The van der Waals surface area contributed by atoms with Crippen molar-refractivity contribution < 1.29 is 0 Å². The van der Waals surface area contributed by atoms with E-state index in [0.29, 0.717) is 5.88 Å². The molecule has 1 rings (SSSR count). The van der Waals surface area contributed by atoms with E-state index >= 15 is 0 Å². The fourth-order valence-electron chi connectivity index (χ4n) is 0.679. The molecule has 0 amide bonds. The van der Waals surface area contributed by atoms with Crippen molar-refractivity contribution in [1.82, 2.24) is 4.37 Å². The molecule has 0 bridgehead atoms. The number of nitrogens with two attached hydrogens (primary N) is 1. The first-order chi connectivity index (χ1) is 4.88. The Balaban J connectivity index is 2.70.